The molecule has 0 spiro atoms. The summed E-state index contributed by atoms with van der Waals surface area (Å²) in [5.41, 5.74) is 1.65. The fourth-order valence-electron chi connectivity index (χ4n) is 2.79. The molecule has 0 atom stereocenters. The van der Waals surface area contributed by atoms with Crippen molar-refractivity contribution in [3.63, 3.8) is 0 Å². The van der Waals surface area contributed by atoms with E-state index in [4.69, 9.17) is 5.26 Å². The Kier molecular flexibility index (Phi) is 5.24. The molecule has 6 heteroatoms. The smallest absolute Gasteiger partial charge is 0.126 e. The van der Waals surface area contributed by atoms with E-state index >= 15 is 0 Å². The minimum atomic E-state index is -0.195. The molecule has 1 N–H and O–H groups in total. The summed E-state index contributed by atoms with van der Waals surface area (Å²) in [5, 5.41) is 12.0. The molecule has 0 bridgehead atoms. The first-order valence-corrected chi connectivity index (χ1v) is 8.07. The van der Waals surface area contributed by atoms with E-state index in [0.717, 1.165) is 50.8 Å². The lowest BCUT2D eigenvalue weighted by atomic mass is 10.2. The Labute approximate surface area is 141 Å². The van der Waals surface area contributed by atoms with Gasteiger partial charge in [0.05, 0.1) is 5.56 Å². The highest BCUT2D eigenvalue weighted by Gasteiger charge is 2.16. The summed E-state index contributed by atoms with van der Waals surface area (Å²) in [6.07, 6.45) is 1.57. The van der Waals surface area contributed by atoms with Gasteiger partial charge in [-0.1, -0.05) is 0 Å². The number of rotatable bonds is 5. The van der Waals surface area contributed by atoms with Crippen LogP contribution in [-0.2, 0) is 0 Å². The second-order valence-electron chi connectivity index (χ2n) is 5.78. The monoisotopic (exact) mass is 325 g/mol. The first-order chi connectivity index (χ1) is 11.7. The quantitative estimate of drug-likeness (QED) is 0.914. The van der Waals surface area contributed by atoms with Crippen LogP contribution >= 0.6 is 0 Å². The Hall–Kier alpha value is -2.65. The summed E-state index contributed by atoms with van der Waals surface area (Å²) in [4.78, 5) is 8.88. The van der Waals surface area contributed by atoms with Crippen molar-refractivity contribution in [2.45, 2.75) is 0 Å². The molecule has 1 aromatic heterocycles. The Morgan fingerprint density at radius 2 is 1.83 bits per heavy atom. The van der Waals surface area contributed by atoms with Crippen LogP contribution in [0.15, 0.2) is 42.6 Å². The molecule has 0 radical (unpaired) electrons. The maximum Gasteiger partial charge on any atom is 0.126 e. The maximum absolute atomic E-state index is 13.0. The lowest BCUT2D eigenvalue weighted by Crippen LogP contribution is -2.47. The largest absolute Gasteiger partial charge is 0.369 e. The molecule has 24 heavy (non-hydrogen) atoms. The number of benzene rings is 1. The van der Waals surface area contributed by atoms with Gasteiger partial charge < -0.3 is 10.2 Å². The van der Waals surface area contributed by atoms with Gasteiger partial charge in [0.15, 0.2) is 0 Å². The molecule has 1 saturated heterocycles. The third-order valence-electron chi connectivity index (χ3n) is 4.19. The standard InChI is InChI=1S/C18H20FN5/c19-16-2-4-17(5-3-16)24-11-9-23(10-12-24)8-7-21-18-6-1-15(13-20)14-22-18/h1-6,14H,7-12H2,(H,21,22). The molecule has 0 amide bonds. The maximum atomic E-state index is 13.0. The van der Waals surface area contributed by atoms with Gasteiger partial charge in [0.25, 0.3) is 0 Å². The lowest BCUT2D eigenvalue weighted by Gasteiger charge is -2.36. The molecular weight excluding hydrogens is 305 g/mol. The summed E-state index contributed by atoms with van der Waals surface area (Å²) < 4.78 is 13.0. The molecule has 0 saturated carbocycles. The minimum Gasteiger partial charge on any atom is -0.369 e. The lowest BCUT2D eigenvalue weighted by molar-refractivity contribution is 0.267. The van der Waals surface area contributed by atoms with E-state index < -0.39 is 0 Å². The normalized spacial score (nSPS) is 15.1. The van der Waals surface area contributed by atoms with Crippen molar-refractivity contribution in [1.82, 2.24) is 9.88 Å². The van der Waals surface area contributed by atoms with Crippen molar-refractivity contribution in [3.8, 4) is 6.07 Å². The van der Waals surface area contributed by atoms with Gasteiger partial charge in [-0.05, 0) is 36.4 Å². The Balaban J connectivity index is 1.40. The van der Waals surface area contributed by atoms with Gasteiger partial charge in [-0.2, -0.15) is 5.26 Å². The summed E-state index contributed by atoms with van der Waals surface area (Å²) in [7, 11) is 0. The number of piperazine rings is 1. The van der Waals surface area contributed by atoms with Crippen LogP contribution in [0.5, 0.6) is 0 Å². The highest BCUT2D eigenvalue weighted by atomic mass is 19.1. The van der Waals surface area contributed by atoms with Crippen LogP contribution in [0.2, 0.25) is 0 Å². The number of nitriles is 1. The fourth-order valence-corrected chi connectivity index (χ4v) is 2.79. The third-order valence-corrected chi connectivity index (χ3v) is 4.19. The van der Waals surface area contributed by atoms with Gasteiger partial charge in [0.1, 0.15) is 17.7 Å². The molecule has 2 aromatic rings. The number of anilines is 2. The van der Waals surface area contributed by atoms with E-state index in [1.165, 1.54) is 12.1 Å². The number of aromatic nitrogens is 1. The van der Waals surface area contributed by atoms with Crippen molar-refractivity contribution in [3.05, 3.63) is 54.0 Å². The molecule has 0 unspecified atom stereocenters. The van der Waals surface area contributed by atoms with Crippen LogP contribution in [0.3, 0.4) is 0 Å². The second-order valence-corrected chi connectivity index (χ2v) is 5.78. The van der Waals surface area contributed by atoms with E-state index in [9.17, 15) is 4.39 Å². The number of nitrogens with zero attached hydrogens (tertiary/aromatic N) is 4. The van der Waals surface area contributed by atoms with Crippen LogP contribution in [0.25, 0.3) is 0 Å². The zero-order chi connectivity index (χ0) is 16.8. The number of hydrogen-bond acceptors (Lipinski definition) is 5. The molecule has 1 aliphatic rings. The highest BCUT2D eigenvalue weighted by molar-refractivity contribution is 5.46. The molecule has 5 nitrogen and oxygen atoms in total. The van der Waals surface area contributed by atoms with Crippen molar-refractivity contribution >= 4 is 11.5 Å². The zero-order valence-electron chi connectivity index (χ0n) is 13.5. The van der Waals surface area contributed by atoms with Crippen LogP contribution in [0, 0.1) is 17.1 Å². The first-order valence-electron chi connectivity index (χ1n) is 8.07. The van der Waals surface area contributed by atoms with Gasteiger partial charge >= 0.3 is 0 Å². The number of halogens is 1. The summed E-state index contributed by atoms with van der Waals surface area (Å²) in [5.74, 6) is 0.596. The number of pyridine rings is 1. The van der Waals surface area contributed by atoms with Crippen molar-refractivity contribution in [2.75, 3.05) is 49.5 Å². The van der Waals surface area contributed by atoms with E-state index in [-0.39, 0.29) is 5.82 Å². The molecular formula is C18H20FN5. The topological polar surface area (TPSA) is 55.2 Å². The molecule has 0 aliphatic carbocycles. The molecule has 3 rings (SSSR count). The van der Waals surface area contributed by atoms with Crippen molar-refractivity contribution < 1.29 is 4.39 Å². The predicted molar refractivity (Wildman–Crippen MR) is 92.5 cm³/mol. The summed E-state index contributed by atoms with van der Waals surface area (Å²) in [6, 6.07) is 12.3. The summed E-state index contributed by atoms with van der Waals surface area (Å²) >= 11 is 0. The molecule has 1 aromatic carbocycles. The SMILES string of the molecule is N#Cc1ccc(NCCN2CCN(c3ccc(F)cc3)CC2)nc1. The highest BCUT2D eigenvalue weighted by Crippen LogP contribution is 2.16. The van der Waals surface area contributed by atoms with Gasteiger partial charge in [0.2, 0.25) is 0 Å². The van der Waals surface area contributed by atoms with Crippen LogP contribution in [0.4, 0.5) is 15.9 Å². The molecule has 2 heterocycles. The van der Waals surface area contributed by atoms with Gasteiger partial charge in [0, 0.05) is 51.2 Å². The Bertz CT molecular complexity index is 685. The summed E-state index contributed by atoms with van der Waals surface area (Å²) in [6.45, 7) is 5.62. The van der Waals surface area contributed by atoms with Gasteiger partial charge in [-0.3, -0.25) is 4.90 Å². The van der Waals surface area contributed by atoms with E-state index in [2.05, 4.69) is 26.2 Å². The van der Waals surface area contributed by atoms with Crippen LogP contribution in [0.1, 0.15) is 5.56 Å². The Morgan fingerprint density at radius 3 is 2.46 bits per heavy atom. The minimum absolute atomic E-state index is 0.195. The predicted octanol–water partition coefficient (Wildman–Crippen LogP) is 2.33. The second kappa shape index (κ2) is 7.75. The fraction of sp³-hybridized carbons (Fsp3) is 0.333. The first kappa shape index (κ1) is 16.2. The number of nitrogens with one attached hydrogen (secondary N) is 1. The van der Waals surface area contributed by atoms with Crippen molar-refractivity contribution in [2.24, 2.45) is 0 Å². The number of hydrogen-bond donors (Lipinski definition) is 1. The average molecular weight is 325 g/mol. The van der Waals surface area contributed by atoms with Gasteiger partial charge in [-0.25, -0.2) is 9.37 Å². The third kappa shape index (κ3) is 4.21. The molecule has 1 aliphatic heterocycles. The van der Waals surface area contributed by atoms with E-state index in [1.54, 1.807) is 12.3 Å². The van der Waals surface area contributed by atoms with Crippen LogP contribution < -0.4 is 10.2 Å². The van der Waals surface area contributed by atoms with Crippen molar-refractivity contribution in [1.29, 1.82) is 5.26 Å². The molecule has 1 fully saturated rings. The van der Waals surface area contributed by atoms with Gasteiger partial charge in [-0.15, -0.1) is 0 Å². The Morgan fingerprint density at radius 1 is 1.08 bits per heavy atom. The zero-order valence-corrected chi connectivity index (χ0v) is 13.5. The van der Waals surface area contributed by atoms with E-state index in [0.29, 0.717) is 5.56 Å². The average Bonchev–Trinajstić information content (AvgIpc) is 2.64. The van der Waals surface area contributed by atoms with Crippen LogP contribution in [-0.4, -0.2) is 49.2 Å². The van der Waals surface area contributed by atoms with E-state index in [1.807, 2.05) is 18.2 Å². The molecule has 124 valence electrons.